The molecule has 0 heterocycles. The molecule has 230 valence electrons. The number of benzene rings is 1. The van der Waals surface area contributed by atoms with E-state index in [9.17, 15) is 0 Å². The van der Waals surface area contributed by atoms with E-state index in [4.69, 9.17) is 0 Å². The first-order valence-corrected chi connectivity index (χ1v) is 16.3. The minimum atomic E-state index is 0.398. The Morgan fingerprint density at radius 1 is 0.884 bits per heavy atom. The van der Waals surface area contributed by atoms with Gasteiger partial charge < -0.3 is 4.90 Å². The van der Waals surface area contributed by atoms with Gasteiger partial charge in [-0.3, -0.25) is 0 Å². The van der Waals surface area contributed by atoms with Gasteiger partial charge in [0.05, 0.1) is 0 Å². The Kier molecular flexibility index (Phi) is 15.0. The van der Waals surface area contributed by atoms with Crippen LogP contribution in [-0.4, -0.2) is 0 Å². The van der Waals surface area contributed by atoms with E-state index in [0.29, 0.717) is 5.92 Å². The Bertz CT molecular complexity index is 1390. The summed E-state index contributed by atoms with van der Waals surface area (Å²) in [6.07, 6.45) is 29.4. The van der Waals surface area contributed by atoms with Crippen molar-refractivity contribution in [1.29, 1.82) is 0 Å². The first kappa shape index (κ1) is 35.6. The Hall–Kier alpha value is -3.58. The van der Waals surface area contributed by atoms with Gasteiger partial charge in [-0.05, 0) is 142 Å². The molecule has 0 unspecified atom stereocenters. The third-order valence-corrected chi connectivity index (χ3v) is 8.49. The number of allylic oxidation sites excluding steroid dienone is 18. The highest BCUT2D eigenvalue weighted by Crippen LogP contribution is 2.36. The van der Waals surface area contributed by atoms with E-state index in [-0.39, 0.29) is 0 Å². The Morgan fingerprint density at radius 2 is 1.53 bits per heavy atom. The summed E-state index contributed by atoms with van der Waals surface area (Å²) in [7, 11) is 0. The molecule has 0 saturated heterocycles. The van der Waals surface area contributed by atoms with E-state index in [1.165, 1.54) is 50.4 Å². The van der Waals surface area contributed by atoms with E-state index in [1.807, 2.05) is 19.1 Å². The number of hydrogen-bond acceptors (Lipinski definition) is 1. The van der Waals surface area contributed by atoms with E-state index in [2.05, 4.69) is 147 Å². The van der Waals surface area contributed by atoms with Crippen molar-refractivity contribution >= 4 is 5.69 Å². The average Bonchev–Trinajstić information content (AvgIpc) is 3.00. The molecule has 1 aromatic carbocycles. The fraction of sp³-hybridized carbons (Fsp3) is 0.381. The van der Waals surface area contributed by atoms with Gasteiger partial charge in [0, 0.05) is 17.1 Å². The minimum absolute atomic E-state index is 0.398. The summed E-state index contributed by atoms with van der Waals surface area (Å²) in [5.41, 5.74) is 14.6. The summed E-state index contributed by atoms with van der Waals surface area (Å²) in [6.45, 7) is 26.5. The summed E-state index contributed by atoms with van der Waals surface area (Å²) >= 11 is 0. The molecule has 0 aromatic heterocycles. The third kappa shape index (κ3) is 10.3. The lowest BCUT2D eigenvalue weighted by Crippen LogP contribution is -2.23. The standard InChI is InChI=1S/C42H57N/c1-12-17-18-21-32(8)33(9)22-19-20-23-42(31(6)7)38(15-4)30-39(16-5)43(40-26-24-34(10)35(11)28-40)41-27-25-36(13-2)37(14-3)29-41/h12,16-24,26,28-31H,5,13-15,25,27H2,1-4,6-11H3/b17-12+,21-18+,22-19-,23-20+,33-32-,39-30+,42-38-. The lowest BCUT2D eigenvalue weighted by atomic mass is 9.90. The van der Waals surface area contributed by atoms with Gasteiger partial charge in [-0.2, -0.15) is 0 Å². The minimum Gasteiger partial charge on any atom is -0.314 e. The van der Waals surface area contributed by atoms with Crippen LogP contribution < -0.4 is 4.90 Å². The van der Waals surface area contributed by atoms with Crippen molar-refractivity contribution in [2.24, 2.45) is 5.92 Å². The highest BCUT2D eigenvalue weighted by Gasteiger charge is 2.21. The third-order valence-electron chi connectivity index (χ3n) is 8.49. The Morgan fingerprint density at radius 3 is 2.07 bits per heavy atom. The molecule has 43 heavy (non-hydrogen) atoms. The van der Waals surface area contributed by atoms with Crippen molar-refractivity contribution in [3.8, 4) is 0 Å². The van der Waals surface area contributed by atoms with Gasteiger partial charge >= 0.3 is 0 Å². The number of aryl methyl sites for hydroxylation is 2. The van der Waals surface area contributed by atoms with E-state index in [1.54, 1.807) is 5.57 Å². The first-order chi connectivity index (χ1) is 20.6. The van der Waals surface area contributed by atoms with Crippen molar-refractivity contribution in [3.05, 3.63) is 148 Å². The molecule has 1 aliphatic carbocycles. The number of hydrogen-bond donors (Lipinski definition) is 0. The monoisotopic (exact) mass is 575 g/mol. The van der Waals surface area contributed by atoms with E-state index < -0.39 is 0 Å². The number of nitrogens with zero attached hydrogens (tertiary/aromatic N) is 1. The zero-order valence-corrected chi connectivity index (χ0v) is 28.9. The molecule has 0 fully saturated rings. The molecule has 0 spiro atoms. The van der Waals surface area contributed by atoms with Crippen molar-refractivity contribution in [1.82, 2.24) is 0 Å². The van der Waals surface area contributed by atoms with Crippen molar-refractivity contribution in [3.63, 3.8) is 0 Å². The van der Waals surface area contributed by atoms with Crippen LogP contribution in [-0.2, 0) is 0 Å². The lowest BCUT2D eigenvalue weighted by Gasteiger charge is -2.32. The topological polar surface area (TPSA) is 3.24 Å². The van der Waals surface area contributed by atoms with Crippen molar-refractivity contribution in [2.45, 2.75) is 101 Å². The molecule has 0 bridgehead atoms. The largest absolute Gasteiger partial charge is 0.314 e. The summed E-state index contributed by atoms with van der Waals surface area (Å²) in [4.78, 5) is 2.46. The summed E-state index contributed by atoms with van der Waals surface area (Å²) in [6, 6.07) is 6.84. The van der Waals surface area contributed by atoms with Gasteiger partial charge in [0.2, 0.25) is 0 Å². The fourth-order valence-electron chi connectivity index (χ4n) is 5.48. The predicted molar refractivity (Wildman–Crippen MR) is 194 cm³/mol. The molecule has 1 aliphatic rings. The maximum Gasteiger partial charge on any atom is 0.0461 e. The smallest absolute Gasteiger partial charge is 0.0461 e. The second kappa shape index (κ2) is 18.2. The van der Waals surface area contributed by atoms with Crippen LogP contribution in [0.1, 0.15) is 98.6 Å². The Balaban J connectivity index is 2.65. The van der Waals surface area contributed by atoms with Crippen LogP contribution in [0.15, 0.2) is 136 Å². The highest BCUT2D eigenvalue weighted by molar-refractivity contribution is 5.64. The summed E-state index contributed by atoms with van der Waals surface area (Å²) in [5, 5.41) is 0. The van der Waals surface area contributed by atoms with E-state index in [0.717, 1.165) is 37.8 Å². The molecule has 1 nitrogen and oxygen atoms in total. The molecule has 0 saturated carbocycles. The molecular formula is C42H57N. The summed E-state index contributed by atoms with van der Waals surface area (Å²) < 4.78 is 0. The van der Waals surface area contributed by atoms with Crippen molar-refractivity contribution < 1.29 is 0 Å². The molecule has 0 amide bonds. The van der Waals surface area contributed by atoms with Crippen LogP contribution in [0.25, 0.3) is 0 Å². The Labute approximate surface area is 264 Å². The maximum absolute atomic E-state index is 4.33. The summed E-state index contributed by atoms with van der Waals surface area (Å²) in [5.74, 6) is 0.398. The zero-order valence-electron chi connectivity index (χ0n) is 28.9. The van der Waals surface area contributed by atoms with Gasteiger partial charge in [0.25, 0.3) is 0 Å². The molecule has 1 aromatic rings. The molecule has 0 aliphatic heterocycles. The van der Waals surface area contributed by atoms with Crippen molar-refractivity contribution in [2.75, 3.05) is 4.90 Å². The van der Waals surface area contributed by atoms with Crippen LogP contribution in [0.5, 0.6) is 0 Å². The van der Waals surface area contributed by atoms with Crippen LogP contribution in [0.2, 0.25) is 0 Å². The molecule has 0 radical (unpaired) electrons. The van der Waals surface area contributed by atoms with Gasteiger partial charge in [-0.25, -0.2) is 0 Å². The molecule has 1 heteroatoms. The predicted octanol–water partition coefficient (Wildman–Crippen LogP) is 12.9. The normalized spacial score (nSPS) is 16.2. The van der Waals surface area contributed by atoms with Gasteiger partial charge in [0.15, 0.2) is 0 Å². The van der Waals surface area contributed by atoms with Crippen LogP contribution in [0, 0.1) is 19.8 Å². The highest BCUT2D eigenvalue weighted by atomic mass is 15.2. The second-order valence-electron chi connectivity index (χ2n) is 11.8. The van der Waals surface area contributed by atoms with Crippen LogP contribution >= 0.6 is 0 Å². The fourth-order valence-corrected chi connectivity index (χ4v) is 5.48. The first-order valence-electron chi connectivity index (χ1n) is 16.3. The SMILES string of the molecule is C=C\C(=C/C(CC)=C(/C=C/C=C\C(C)=C(C)/C=C/C=C/C)C(C)C)N(C1=CC(CC)=C(CC)CC1)c1ccc(C)c(C)c1. The van der Waals surface area contributed by atoms with E-state index >= 15 is 0 Å². The second-order valence-corrected chi connectivity index (χ2v) is 11.8. The van der Waals surface area contributed by atoms with Gasteiger partial charge in [0.1, 0.15) is 0 Å². The lowest BCUT2D eigenvalue weighted by molar-refractivity contribution is 0.775. The molecule has 0 atom stereocenters. The van der Waals surface area contributed by atoms with Crippen LogP contribution in [0.4, 0.5) is 5.69 Å². The average molecular weight is 576 g/mol. The van der Waals surface area contributed by atoms with Gasteiger partial charge in [-0.1, -0.05) is 101 Å². The number of anilines is 1. The number of rotatable bonds is 14. The molecule has 2 rings (SSSR count). The molecule has 0 N–H and O–H groups in total. The molecular weight excluding hydrogens is 518 g/mol. The zero-order chi connectivity index (χ0) is 31.9. The maximum atomic E-state index is 4.33. The van der Waals surface area contributed by atoms with Crippen LogP contribution in [0.3, 0.4) is 0 Å². The quantitative estimate of drug-likeness (QED) is 0.199. The van der Waals surface area contributed by atoms with Gasteiger partial charge in [-0.15, -0.1) is 0 Å².